The van der Waals surface area contributed by atoms with Crippen LogP contribution in [0.5, 0.6) is 11.5 Å². The first-order valence-electron chi connectivity index (χ1n) is 7.76. The van der Waals surface area contributed by atoms with E-state index >= 15 is 0 Å². The average Bonchev–Trinajstić information content (AvgIpc) is 2.61. The Labute approximate surface area is 153 Å². The topological polar surface area (TPSA) is 86.2 Å². The molecule has 0 unspecified atom stereocenters. The van der Waals surface area contributed by atoms with Crippen LogP contribution in [0, 0.1) is 6.92 Å². The second kappa shape index (κ2) is 8.09. The van der Waals surface area contributed by atoms with Gasteiger partial charge in [-0.25, -0.2) is 8.42 Å². The van der Waals surface area contributed by atoms with Crippen LogP contribution in [0.3, 0.4) is 0 Å². The molecule has 26 heavy (non-hydrogen) atoms. The molecule has 2 aromatic rings. The molecule has 0 heterocycles. The number of hydrogen-bond acceptors (Lipinski definition) is 6. The third-order valence-electron chi connectivity index (χ3n) is 3.72. The smallest absolute Gasteiger partial charge is 0.261 e. The fourth-order valence-corrected chi connectivity index (χ4v) is 3.44. The van der Waals surface area contributed by atoms with Crippen LogP contribution in [0.15, 0.2) is 46.4 Å². The van der Waals surface area contributed by atoms with Crippen LogP contribution in [0.4, 0.5) is 5.69 Å². The van der Waals surface area contributed by atoms with Gasteiger partial charge in [-0.3, -0.25) is 4.72 Å². The number of rotatable bonds is 7. The van der Waals surface area contributed by atoms with Crippen LogP contribution in [-0.4, -0.2) is 35.5 Å². The van der Waals surface area contributed by atoms with Gasteiger partial charge in [0, 0.05) is 11.6 Å². The third-order valence-corrected chi connectivity index (χ3v) is 5.10. The molecule has 2 aromatic carbocycles. The first-order chi connectivity index (χ1) is 12.3. The normalized spacial score (nSPS) is 11.8. The highest BCUT2D eigenvalue weighted by atomic mass is 32.2. The molecule has 8 heteroatoms. The van der Waals surface area contributed by atoms with Gasteiger partial charge in [0.05, 0.1) is 30.5 Å². The Morgan fingerprint density at radius 2 is 1.58 bits per heavy atom. The maximum Gasteiger partial charge on any atom is 0.261 e. The van der Waals surface area contributed by atoms with Crippen molar-refractivity contribution < 1.29 is 22.7 Å². The highest BCUT2D eigenvalue weighted by molar-refractivity contribution is 7.92. The van der Waals surface area contributed by atoms with Crippen molar-refractivity contribution in [1.29, 1.82) is 0 Å². The molecule has 0 saturated carbocycles. The van der Waals surface area contributed by atoms with Gasteiger partial charge in [0.25, 0.3) is 10.0 Å². The van der Waals surface area contributed by atoms with E-state index in [-0.39, 0.29) is 4.90 Å². The zero-order valence-electron chi connectivity index (χ0n) is 15.4. The van der Waals surface area contributed by atoms with Crippen molar-refractivity contribution in [3.8, 4) is 11.5 Å². The summed E-state index contributed by atoms with van der Waals surface area (Å²) < 4.78 is 38.6. The number of methoxy groups -OCH3 is 2. The Balaban J connectivity index is 2.56. The summed E-state index contributed by atoms with van der Waals surface area (Å²) in [7, 11) is 0.608. The van der Waals surface area contributed by atoms with E-state index in [4.69, 9.17) is 14.3 Å². The Morgan fingerprint density at radius 1 is 1.00 bits per heavy atom. The van der Waals surface area contributed by atoms with E-state index in [2.05, 4.69) is 9.88 Å². The zero-order chi connectivity index (χ0) is 19.3. The van der Waals surface area contributed by atoms with Gasteiger partial charge in [-0.15, -0.1) is 0 Å². The van der Waals surface area contributed by atoms with Gasteiger partial charge in [0.1, 0.15) is 7.11 Å². The van der Waals surface area contributed by atoms with Crippen molar-refractivity contribution in [3.63, 3.8) is 0 Å². The van der Waals surface area contributed by atoms with Crippen LogP contribution < -0.4 is 14.2 Å². The molecule has 0 amide bonds. The standard InChI is InChI=1S/C18H22N2O5S/c1-12-6-8-14(9-7-12)26(21,22)20-16-11-18(24-4)17(23-3)10-15(16)13(2)19-25-5/h6-11,20H,1-5H3/b19-13+. The van der Waals surface area contributed by atoms with E-state index < -0.39 is 10.0 Å². The molecule has 0 radical (unpaired) electrons. The lowest BCUT2D eigenvalue weighted by Crippen LogP contribution is -2.15. The highest BCUT2D eigenvalue weighted by Gasteiger charge is 2.20. The summed E-state index contributed by atoms with van der Waals surface area (Å²) in [5.41, 5.74) is 2.27. The molecule has 0 fully saturated rings. The minimum Gasteiger partial charge on any atom is -0.493 e. The van der Waals surface area contributed by atoms with Crippen LogP contribution in [0.1, 0.15) is 18.1 Å². The molecule has 0 atom stereocenters. The zero-order valence-corrected chi connectivity index (χ0v) is 16.2. The average molecular weight is 378 g/mol. The molecular weight excluding hydrogens is 356 g/mol. The number of oxime groups is 1. The molecule has 0 aliphatic rings. The minimum atomic E-state index is -3.79. The van der Waals surface area contributed by atoms with Crippen molar-refractivity contribution >= 4 is 21.4 Å². The van der Waals surface area contributed by atoms with E-state index in [9.17, 15) is 8.42 Å². The Hall–Kier alpha value is -2.74. The lowest BCUT2D eigenvalue weighted by molar-refractivity contribution is 0.213. The molecule has 0 spiro atoms. The first kappa shape index (κ1) is 19.6. The molecule has 7 nitrogen and oxygen atoms in total. The van der Waals surface area contributed by atoms with Gasteiger partial charge >= 0.3 is 0 Å². The van der Waals surface area contributed by atoms with Crippen LogP contribution in [0.2, 0.25) is 0 Å². The van der Waals surface area contributed by atoms with Crippen molar-refractivity contribution in [2.45, 2.75) is 18.7 Å². The van der Waals surface area contributed by atoms with Crippen LogP contribution >= 0.6 is 0 Å². The minimum absolute atomic E-state index is 0.158. The number of hydrogen-bond donors (Lipinski definition) is 1. The van der Waals surface area contributed by atoms with Gasteiger partial charge in [-0.2, -0.15) is 0 Å². The van der Waals surface area contributed by atoms with E-state index in [1.54, 1.807) is 43.3 Å². The van der Waals surface area contributed by atoms with Crippen molar-refractivity contribution in [2.75, 3.05) is 26.1 Å². The summed E-state index contributed by atoms with van der Waals surface area (Å²) in [6.07, 6.45) is 0. The maximum atomic E-state index is 12.7. The van der Waals surface area contributed by atoms with Gasteiger partial charge in [0.2, 0.25) is 0 Å². The fraction of sp³-hybridized carbons (Fsp3) is 0.278. The number of sulfonamides is 1. The van der Waals surface area contributed by atoms with E-state index in [1.165, 1.54) is 21.3 Å². The Morgan fingerprint density at radius 3 is 2.12 bits per heavy atom. The van der Waals surface area contributed by atoms with Crippen LogP contribution in [0.25, 0.3) is 0 Å². The predicted octanol–water partition coefficient (Wildman–Crippen LogP) is 3.18. The second-order valence-electron chi connectivity index (χ2n) is 5.53. The monoisotopic (exact) mass is 378 g/mol. The molecule has 0 aliphatic heterocycles. The quantitative estimate of drug-likeness (QED) is 0.591. The van der Waals surface area contributed by atoms with Crippen molar-refractivity contribution in [2.24, 2.45) is 5.16 Å². The molecule has 0 aliphatic carbocycles. The second-order valence-corrected chi connectivity index (χ2v) is 7.21. The van der Waals surface area contributed by atoms with E-state index in [1.807, 2.05) is 6.92 Å². The largest absolute Gasteiger partial charge is 0.493 e. The molecule has 0 saturated heterocycles. The van der Waals surface area contributed by atoms with Crippen molar-refractivity contribution in [1.82, 2.24) is 0 Å². The molecule has 1 N–H and O–H groups in total. The summed E-state index contributed by atoms with van der Waals surface area (Å²) in [5, 5.41) is 3.89. The summed E-state index contributed by atoms with van der Waals surface area (Å²) in [6.45, 7) is 3.59. The molecular formula is C18H22N2O5S. The predicted molar refractivity (Wildman–Crippen MR) is 101 cm³/mol. The van der Waals surface area contributed by atoms with E-state index in [0.717, 1.165) is 5.56 Å². The summed E-state index contributed by atoms with van der Waals surface area (Å²) in [5.74, 6) is 0.842. The maximum absolute atomic E-state index is 12.7. The molecule has 140 valence electrons. The molecule has 0 bridgehead atoms. The van der Waals surface area contributed by atoms with Crippen LogP contribution in [-0.2, 0) is 14.9 Å². The lowest BCUT2D eigenvalue weighted by atomic mass is 10.1. The fourth-order valence-electron chi connectivity index (χ4n) is 2.37. The number of aryl methyl sites for hydroxylation is 1. The summed E-state index contributed by atoms with van der Waals surface area (Å²) >= 11 is 0. The van der Waals surface area contributed by atoms with Gasteiger partial charge < -0.3 is 14.3 Å². The number of benzene rings is 2. The summed E-state index contributed by atoms with van der Waals surface area (Å²) in [6, 6.07) is 9.77. The number of anilines is 1. The van der Waals surface area contributed by atoms with Gasteiger partial charge in [-0.1, -0.05) is 22.9 Å². The Bertz CT molecular complexity index is 906. The number of nitrogens with zero attached hydrogens (tertiary/aromatic N) is 1. The highest BCUT2D eigenvalue weighted by Crippen LogP contribution is 2.34. The SMILES string of the molecule is CO/N=C(\C)c1cc(OC)c(OC)cc1NS(=O)(=O)c1ccc(C)cc1. The number of nitrogens with one attached hydrogen (secondary N) is 1. The van der Waals surface area contributed by atoms with E-state index in [0.29, 0.717) is 28.5 Å². The van der Waals surface area contributed by atoms with Crippen molar-refractivity contribution in [3.05, 3.63) is 47.5 Å². The third kappa shape index (κ3) is 4.26. The first-order valence-corrected chi connectivity index (χ1v) is 9.24. The Kier molecular flexibility index (Phi) is 6.10. The summed E-state index contributed by atoms with van der Waals surface area (Å²) in [4.78, 5) is 4.97. The molecule has 0 aromatic heterocycles. The van der Waals surface area contributed by atoms with Gasteiger partial charge in [-0.05, 0) is 32.0 Å². The number of ether oxygens (including phenoxy) is 2. The lowest BCUT2D eigenvalue weighted by Gasteiger charge is -2.16. The van der Waals surface area contributed by atoms with Gasteiger partial charge in [0.15, 0.2) is 11.5 Å². The molecule has 2 rings (SSSR count).